The first kappa shape index (κ1) is 26.4. The molecule has 2 aromatic rings. The lowest BCUT2D eigenvalue weighted by atomic mass is 9.49. The Morgan fingerprint density at radius 1 is 0.882 bits per heavy atom. The van der Waals surface area contributed by atoms with Gasteiger partial charge in [-0.2, -0.15) is 0 Å². The zero-order chi connectivity index (χ0) is 25.5. The molecular weight excluding hydrogens is 416 g/mol. The van der Waals surface area contributed by atoms with Crippen LogP contribution in [0, 0.1) is 16.7 Å². The molecule has 2 nitrogen and oxygen atoms in total. The van der Waals surface area contributed by atoms with Crippen LogP contribution in [0.25, 0.3) is 5.57 Å². The summed E-state index contributed by atoms with van der Waals surface area (Å²) in [5, 5.41) is 12.5. The third-order valence-corrected chi connectivity index (χ3v) is 7.99. The van der Waals surface area contributed by atoms with Gasteiger partial charge in [-0.15, -0.1) is 0 Å². The number of carbonyl (C=O) groups is 1. The number of allylic oxidation sites excluding steroid dienone is 1. The van der Waals surface area contributed by atoms with Gasteiger partial charge in [0, 0.05) is 10.8 Å². The summed E-state index contributed by atoms with van der Waals surface area (Å²) >= 11 is 0. The molecule has 0 aromatic heterocycles. The van der Waals surface area contributed by atoms with E-state index in [1.54, 1.807) is 0 Å². The maximum absolute atomic E-state index is 14.1. The fraction of sp³-hybridized carbons (Fsp3) is 0.531. The van der Waals surface area contributed by atoms with Crippen molar-refractivity contribution in [1.29, 1.82) is 0 Å². The minimum absolute atomic E-state index is 0.114. The number of benzene rings is 2. The molecule has 3 rings (SSSR count). The Morgan fingerprint density at radius 2 is 1.35 bits per heavy atom. The van der Waals surface area contributed by atoms with Gasteiger partial charge in [-0.25, -0.2) is 0 Å². The van der Waals surface area contributed by atoms with Gasteiger partial charge in [-0.05, 0) is 58.6 Å². The largest absolute Gasteiger partial charge is 0.384 e. The van der Waals surface area contributed by atoms with Gasteiger partial charge in [0.1, 0.15) is 5.78 Å². The molecule has 1 aliphatic carbocycles. The van der Waals surface area contributed by atoms with Gasteiger partial charge >= 0.3 is 0 Å². The van der Waals surface area contributed by atoms with E-state index in [4.69, 9.17) is 0 Å². The predicted octanol–water partition coefficient (Wildman–Crippen LogP) is 7.57. The smallest absolute Gasteiger partial charge is 0.145 e. The van der Waals surface area contributed by atoms with Crippen molar-refractivity contribution in [3.8, 4) is 0 Å². The summed E-state index contributed by atoms with van der Waals surface area (Å²) in [5.41, 5.74) is 2.98. The summed E-state index contributed by atoms with van der Waals surface area (Å²) in [6, 6.07) is 17.4. The van der Waals surface area contributed by atoms with Crippen molar-refractivity contribution in [3.05, 3.63) is 76.9 Å². The molecule has 34 heavy (non-hydrogen) atoms. The van der Waals surface area contributed by atoms with E-state index in [2.05, 4.69) is 90.1 Å². The highest BCUT2D eigenvalue weighted by atomic mass is 16.3. The molecule has 0 saturated carbocycles. The molecule has 2 aromatic carbocycles. The topological polar surface area (TPSA) is 37.3 Å². The van der Waals surface area contributed by atoms with Crippen LogP contribution < -0.4 is 0 Å². The Hall–Kier alpha value is -2.19. The summed E-state index contributed by atoms with van der Waals surface area (Å²) < 4.78 is 0. The zero-order valence-electron chi connectivity index (χ0n) is 22.8. The van der Waals surface area contributed by atoms with E-state index in [0.717, 1.165) is 29.5 Å². The van der Waals surface area contributed by atoms with E-state index >= 15 is 0 Å². The van der Waals surface area contributed by atoms with Crippen LogP contribution in [0.5, 0.6) is 0 Å². The Morgan fingerprint density at radius 3 is 1.76 bits per heavy atom. The van der Waals surface area contributed by atoms with Crippen LogP contribution in [0.4, 0.5) is 0 Å². The first-order chi connectivity index (χ1) is 15.7. The van der Waals surface area contributed by atoms with Crippen LogP contribution in [0.1, 0.15) is 91.0 Å². The Labute approximate surface area is 207 Å². The van der Waals surface area contributed by atoms with E-state index in [-0.39, 0.29) is 5.78 Å². The van der Waals surface area contributed by atoms with Crippen LogP contribution in [0.15, 0.2) is 54.6 Å². The summed E-state index contributed by atoms with van der Waals surface area (Å²) in [6.45, 7) is 18.6. The maximum Gasteiger partial charge on any atom is 0.145 e. The minimum atomic E-state index is -1.30. The molecule has 1 N–H and O–H groups in total. The number of aliphatic hydroxyl groups is 1. The predicted molar refractivity (Wildman–Crippen MR) is 144 cm³/mol. The number of rotatable bonds is 5. The van der Waals surface area contributed by atoms with Crippen LogP contribution in [0.3, 0.4) is 0 Å². The van der Waals surface area contributed by atoms with Crippen LogP contribution in [-0.4, -0.2) is 16.5 Å². The number of carbonyl (C=O) groups excluding carboxylic acids is 1. The molecular formula is C32H44O2. The molecule has 2 heteroatoms. The minimum Gasteiger partial charge on any atom is -0.384 e. The van der Waals surface area contributed by atoms with Gasteiger partial charge in [-0.1, -0.05) is 111 Å². The lowest BCUT2D eigenvalue weighted by Crippen LogP contribution is -2.62. The molecule has 184 valence electrons. The second-order valence-corrected chi connectivity index (χ2v) is 12.5. The lowest BCUT2D eigenvalue weighted by Gasteiger charge is -2.55. The van der Waals surface area contributed by atoms with Crippen LogP contribution >= 0.6 is 0 Å². The number of hydrogen-bond acceptors (Lipinski definition) is 2. The monoisotopic (exact) mass is 460 g/mol. The van der Waals surface area contributed by atoms with Gasteiger partial charge in [0.25, 0.3) is 0 Å². The third-order valence-electron chi connectivity index (χ3n) is 7.99. The third kappa shape index (κ3) is 4.67. The Kier molecular flexibility index (Phi) is 7.08. The molecule has 0 amide bonds. The van der Waals surface area contributed by atoms with Crippen molar-refractivity contribution in [1.82, 2.24) is 0 Å². The molecule has 0 spiro atoms. The fourth-order valence-electron chi connectivity index (χ4n) is 5.48. The quantitative estimate of drug-likeness (QED) is 0.500. The zero-order valence-corrected chi connectivity index (χ0v) is 22.8. The molecule has 0 heterocycles. The van der Waals surface area contributed by atoms with Gasteiger partial charge in [-0.3, -0.25) is 4.79 Å². The highest BCUT2D eigenvalue weighted by Gasteiger charge is 2.60. The van der Waals surface area contributed by atoms with Crippen LogP contribution in [0.2, 0.25) is 0 Å². The van der Waals surface area contributed by atoms with Crippen molar-refractivity contribution >= 4 is 11.4 Å². The second-order valence-electron chi connectivity index (χ2n) is 12.5. The van der Waals surface area contributed by atoms with Crippen molar-refractivity contribution in [3.63, 3.8) is 0 Å². The van der Waals surface area contributed by atoms with Crippen molar-refractivity contribution in [2.45, 2.75) is 92.6 Å². The lowest BCUT2D eigenvalue weighted by molar-refractivity contribution is -0.153. The molecule has 3 atom stereocenters. The highest BCUT2D eigenvalue weighted by molar-refractivity contribution is 5.91. The van der Waals surface area contributed by atoms with Gasteiger partial charge in [0.15, 0.2) is 0 Å². The molecule has 0 aliphatic heterocycles. The number of Topliss-reactive ketones (excluding diaryl/α,β-unsaturated/α-hetero) is 1. The van der Waals surface area contributed by atoms with E-state index in [0.29, 0.717) is 6.42 Å². The number of aryl methyl sites for hydroxylation is 2. The normalized spacial score (nSPS) is 25.7. The fourth-order valence-corrected chi connectivity index (χ4v) is 5.48. The van der Waals surface area contributed by atoms with E-state index < -0.39 is 27.8 Å². The SMILES string of the molecule is CCc1ccc(C2=CC(O)(C(C)(C)C)C(C(=O)C(C)(C)C)C(C)(c3ccc(CC)cc3)C2)cc1. The van der Waals surface area contributed by atoms with Crippen molar-refractivity contribution in [2.75, 3.05) is 0 Å². The Bertz CT molecular complexity index is 1040. The average Bonchev–Trinajstić information content (AvgIpc) is 2.77. The van der Waals surface area contributed by atoms with Crippen LogP contribution in [-0.2, 0) is 23.1 Å². The summed E-state index contributed by atoms with van der Waals surface area (Å²) in [4.78, 5) is 14.1. The van der Waals surface area contributed by atoms with Crippen molar-refractivity contribution < 1.29 is 9.90 Å². The van der Waals surface area contributed by atoms with Crippen molar-refractivity contribution in [2.24, 2.45) is 16.7 Å². The van der Waals surface area contributed by atoms with E-state index in [1.807, 2.05) is 26.8 Å². The molecule has 0 radical (unpaired) electrons. The van der Waals surface area contributed by atoms with Gasteiger partial charge in [0.2, 0.25) is 0 Å². The standard InChI is InChI=1S/C32H44O2/c1-10-22-12-16-24(17-13-22)25-20-31(9,26-18-14-23(11-2)15-19-26)27(28(33)29(3,4)5)32(34,21-25)30(6,7)8/h12-19,21,27,34H,10-11,20H2,1-9H3. The summed E-state index contributed by atoms with van der Waals surface area (Å²) in [6.07, 6.45) is 4.69. The summed E-state index contributed by atoms with van der Waals surface area (Å²) in [5.74, 6) is -0.449. The van der Waals surface area contributed by atoms with E-state index in [9.17, 15) is 9.90 Å². The molecule has 0 saturated heterocycles. The first-order valence-electron chi connectivity index (χ1n) is 12.8. The number of ketones is 1. The van der Waals surface area contributed by atoms with Gasteiger partial charge in [0.05, 0.1) is 11.5 Å². The molecule has 0 bridgehead atoms. The molecule has 1 aliphatic rings. The Balaban J connectivity index is 2.31. The first-order valence-corrected chi connectivity index (χ1v) is 12.8. The van der Waals surface area contributed by atoms with Gasteiger partial charge < -0.3 is 5.11 Å². The van der Waals surface area contributed by atoms with E-state index in [1.165, 1.54) is 11.1 Å². The second kappa shape index (κ2) is 9.11. The summed E-state index contributed by atoms with van der Waals surface area (Å²) in [7, 11) is 0. The molecule has 3 unspecified atom stereocenters. The number of hydrogen-bond donors (Lipinski definition) is 1. The molecule has 0 fully saturated rings. The maximum atomic E-state index is 14.1. The highest BCUT2D eigenvalue weighted by Crippen LogP contribution is 2.56. The average molecular weight is 461 g/mol.